The summed E-state index contributed by atoms with van der Waals surface area (Å²) in [5.41, 5.74) is 6.23. The number of aromatic carboxylic acids is 1. The van der Waals surface area contributed by atoms with Crippen molar-refractivity contribution in [1.29, 1.82) is 0 Å². The SMILES string of the molecule is CC(C)c1cc(C(=O)N(O)NC=C2C(=O)N(c3cccc(C(=O)O)c3)c3cc(Cl)ccc32)cc(C(C)C)c1. The molecule has 3 N–H and O–H groups in total. The molecule has 0 aliphatic carbocycles. The topological polar surface area (TPSA) is 110 Å². The van der Waals surface area contributed by atoms with Crippen molar-refractivity contribution < 1.29 is 24.7 Å². The Balaban J connectivity index is 1.66. The zero-order valence-corrected chi connectivity index (χ0v) is 22.2. The Hall–Kier alpha value is -4.14. The lowest BCUT2D eigenvalue weighted by Crippen LogP contribution is -2.37. The molecule has 1 aliphatic heterocycles. The average molecular weight is 534 g/mol. The number of carbonyl (C=O) groups excluding carboxylic acids is 2. The van der Waals surface area contributed by atoms with E-state index in [9.17, 15) is 24.7 Å². The van der Waals surface area contributed by atoms with E-state index in [1.165, 1.54) is 23.2 Å². The van der Waals surface area contributed by atoms with Gasteiger partial charge in [-0.3, -0.25) is 25.1 Å². The Kier molecular flexibility index (Phi) is 7.57. The maximum atomic E-state index is 13.5. The van der Waals surface area contributed by atoms with Crippen molar-refractivity contribution in [1.82, 2.24) is 10.6 Å². The minimum atomic E-state index is -1.13. The number of rotatable bonds is 7. The maximum absolute atomic E-state index is 13.5. The van der Waals surface area contributed by atoms with E-state index in [4.69, 9.17) is 11.6 Å². The number of nitrogens with one attached hydrogen (secondary N) is 1. The molecular formula is C29H28ClN3O5. The molecule has 0 spiro atoms. The molecule has 0 atom stereocenters. The molecule has 1 aliphatic rings. The maximum Gasteiger partial charge on any atom is 0.335 e. The van der Waals surface area contributed by atoms with Gasteiger partial charge < -0.3 is 5.11 Å². The van der Waals surface area contributed by atoms with Gasteiger partial charge in [-0.1, -0.05) is 57.5 Å². The predicted molar refractivity (Wildman–Crippen MR) is 146 cm³/mol. The second-order valence-corrected chi connectivity index (χ2v) is 10.1. The van der Waals surface area contributed by atoms with E-state index in [1.807, 2.05) is 27.7 Å². The summed E-state index contributed by atoms with van der Waals surface area (Å²) >= 11 is 6.20. The molecule has 0 radical (unpaired) electrons. The van der Waals surface area contributed by atoms with Gasteiger partial charge in [0.25, 0.3) is 11.8 Å². The third-order valence-corrected chi connectivity index (χ3v) is 6.59. The summed E-state index contributed by atoms with van der Waals surface area (Å²) in [5.74, 6) is -1.92. The second kappa shape index (κ2) is 10.7. The van der Waals surface area contributed by atoms with Gasteiger partial charge in [0.2, 0.25) is 0 Å². The van der Waals surface area contributed by atoms with Crippen LogP contribution in [0.2, 0.25) is 5.02 Å². The highest BCUT2D eigenvalue weighted by molar-refractivity contribution is 6.36. The van der Waals surface area contributed by atoms with Gasteiger partial charge in [-0.15, -0.1) is 5.17 Å². The summed E-state index contributed by atoms with van der Waals surface area (Å²) < 4.78 is 0. The van der Waals surface area contributed by atoms with Crippen LogP contribution in [0.15, 0.2) is 66.9 Å². The van der Waals surface area contributed by atoms with Gasteiger partial charge in [0, 0.05) is 22.3 Å². The van der Waals surface area contributed by atoms with Crippen molar-refractivity contribution in [2.45, 2.75) is 39.5 Å². The largest absolute Gasteiger partial charge is 0.478 e. The molecule has 2 amide bonds. The van der Waals surface area contributed by atoms with E-state index in [1.54, 1.807) is 42.5 Å². The van der Waals surface area contributed by atoms with Crippen LogP contribution in [0.4, 0.5) is 11.4 Å². The number of carbonyl (C=O) groups is 3. The van der Waals surface area contributed by atoms with E-state index < -0.39 is 17.8 Å². The van der Waals surface area contributed by atoms with E-state index in [0.717, 1.165) is 11.1 Å². The highest BCUT2D eigenvalue weighted by Crippen LogP contribution is 2.42. The van der Waals surface area contributed by atoms with Crippen LogP contribution < -0.4 is 10.3 Å². The lowest BCUT2D eigenvalue weighted by atomic mass is 9.93. The van der Waals surface area contributed by atoms with Crippen molar-refractivity contribution in [3.8, 4) is 0 Å². The predicted octanol–water partition coefficient (Wildman–Crippen LogP) is 6.34. The molecule has 0 aromatic heterocycles. The summed E-state index contributed by atoms with van der Waals surface area (Å²) in [6.45, 7) is 8.11. The van der Waals surface area contributed by atoms with Crippen molar-refractivity contribution >= 4 is 46.3 Å². The lowest BCUT2D eigenvalue weighted by Gasteiger charge is -2.19. The fraction of sp³-hybridized carbons (Fsp3) is 0.207. The standard InChI is InChI=1S/C29H28ClN3O5/c1-16(2)19-10-20(17(3)4)12-21(11-19)27(34)33(38)31-15-25-24-9-8-22(30)14-26(24)32(28(25)35)23-7-5-6-18(13-23)29(36)37/h5-17,31,38H,1-4H3,(H,36,37). The molecule has 0 unspecified atom stereocenters. The Morgan fingerprint density at radius 2 is 1.61 bits per heavy atom. The quantitative estimate of drug-likeness (QED) is 0.186. The third-order valence-electron chi connectivity index (χ3n) is 6.36. The van der Waals surface area contributed by atoms with Crippen LogP contribution in [0.5, 0.6) is 0 Å². The smallest absolute Gasteiger partial charge is 0.335 e. The first kappa shape index (κ1) is 26.9. The highest BCUT2D eigenvalue weighted by Gasteiger charge is 2.34. The number of amides is 2. The van der Waals surface area contributed by atoms with Gasteiger partial charge in [-0.25, -0.2) is 4.79 Å². The van der Waals surface area contributed by atoms with Crippen LogP contribution in [-0.2, 0) is 4.79 Å². The van der Waals surface area contributed by atoms with Crippen molar-refractivity contribution in [2.75, 3.05) is 4.90 Å². The molecule has 38 heavy (non-hydrogen) atoms. The van der Waals surface area contributed by atoms with Crippen LogP contribution in [0.25, 0.3) is 5.57 Å². The van der Waals surface area contributed by atoms with Crippen LogP contribution in [-0.4, -0.2) is 33.3 Å². The highest BCUT2D eigenvalue weighted by atomic mass is 35.5. The Labute approximate surface area is 225 Å². The molecule has 8 nitrogen and oxygen atoms in total. The van der Waals surface area contributed by atoms with Crippen LogP contribution in [0, 0.1) is 0 Å². The van der Waals surface area contributed by atoms with Gasteiger partial charge in [0.15, 0.2) is 0 Å². The Bertz CT molecular complexity index is 1440. The molecular weight excluding hydrogens is 506 g/mol. The fourth-order valence-corrected chi connectivity index (χ4v) is 4.38. The number of nitrogens with zero attached hydrogens (tertiary/aromatic N) is 2. The summed E-state index contributed by atoms with van der Waals surface area (Å²) in [7, 11) is 0. The number of halogens is 1. The Morgan fingerprint density at radius 1 is 0.947 bits per heavy atom. The second-order valence-electron chi connectivity index (χ2n) is 9.66. The first-order valence-electron chi connectivity index (χ1n) is 12.1. The number of hydroxylamine groups is 1. The minimum absolute atomic E-state index is 0.0194. The molecule has 1 heterocycles. The first-order chi connectivity index (χ1) is 18.0. The zero-order chi connectivity index (χ0) is 27.7. The zero-order valence-electron chi connectivity index (χ0n) is 21.4. The van der Waals surface area contributed by atoms with E-state index >= 15 is 0 Å². The van der Waals surface area contributed by atoms with E-state index in [2.05, 4.69) is 11.5 Å². The monoisotopic (exact) mass is 533 g/mol. The number of hydrogen-bond acceptors (Lipinski definition) is 5. The summed E-state index contributed by atoms with van der Waals surface area (Å²) in [6, 6.07) is 16.4. The number of anilines is 2. The van der Waals surface area contributed by atoms with Crippen molar-refractivity contribution in [2.24, 2.45) is 0 Å². The van der Waals surface area contributed by atoms with E-state index in [0.29, 0.717) is 32.7 Å². The molecule has 3 aromatic rings. The van der Waals surface area contributed by atoms with Gasteiger partial charge in [-0.05, 0) is 65.4 Å². The number of fused-ring (bicyclic) bond motifs is 1. The van der Waals surface area contributed by atoms with Gasteiger partial charge >= 0.3 is 5.97 Å². The number of carboxylic acid groups (broad SMARTS) is 1. The van der Waals surface area contributed by atoms with E-state index in [-0.39, 0.29) is 23.0 Å². The number of hydrogen-bond donors (Lipinski definition) is 3. The molecule has 9 heteroatoms. The minimum Gasteiger partial charge on any atom is -0.478 e. The third kappa shape index (κ3) is 5.27. The number of benzene rings is 3. The molecule has 0 fully saturated rings. The van der Waals surface area contributed by atoms with Gasteiger partial charge in [0.1, 0.15) is 0 Å². The molecule has 4 rings (SSSR count). The Morgan fingerprint density at radius 3 is 2.21 bits per heavy atom. The van der Waals surface area contributed by atoms with Crippen molar-refractivity contribution in [3.63, 3.8) is 0 Å². The first-order valence-corrected chi connectivity index (χ1v) is 12.5. The molecule has 0 saturated heterocycles. The summed E-state index contributed by atoms with van der Waals surface area (Å²) in [5, 5.41) is 20.7. The summed E-state index contributed by atoms with van der Waals surface area (Å²) in [4.78, 5) is 39.4. The molecule has 0 saturated carbocycles. The fourth-order valence-electron chi connectivity index (χ4n) is 4.21. The van der Waals surface area contributed by atoms with Crippen LogP contribution >= 0.6 is 11.6 Å². The van der Waals surface area contributed by atoms with Crippen molar-refractivity contribution in [3.05, 3.63) is 99.7 Å². The van der Waals surface area contributed by atoms with Crippen LogP contribution in [0.1, 0.15) is 76.9 Å². The van der Waals surface area contributed by atoms with Gasteiger partial charge in [0.05, 0.1) is 22.5 Å². The molecule has 0 bridgehead atoms. The molecule has 196 valence electrons. The van der Waals surface area contributed by atoms with Gasteiger partial charge in [-0.2, -0.15) is 0 Å². The number of hydrazine groups is 1. The lowest BCUT2D eigenvalue weighted by molar-refractivity contribution is -0.112. The average Bonchev–Trinajstić information content (AvgIpc) is 3.16. The van der Waals surface area contributed by atoms with Crippen LogP contribution in [0.3, 0.4) is 0 Å². The number of carboxylic acids is 1. The normalized spacial score (nSPS) is 13.8. The summed E-state index contributed by atoms with van der Waals surface area (Å²) in [6.07, 6.45) is 1.24. The molecule has 3 aromatic carbocycles.